The van der Waals surface area contributed by atoms with E-state index in [0.717, 1.165) is 16.5 Å². The second-order valence-corrected chi connectivity index (χ2v) is 5.57. The largest absolute Gasteiger partial charge is 0.481 e. The second-order valence-electron chi connectivity index (χ2n) is 4.61. The molecule has 23 heavy (non-hydrogen) atoms. The predicted molar refractivity (Wildman–Crippen MR) is 94.8 cm³/mol. The van der Waals surface area contributed by atoms with E-state index in [0.29, 0.717) is 11.4 Å². The van der Waals surface area contributed by atoms with Crippen molar-refractivity contribution in [1.82, 2.24) is 0 Å². The summed E-state index contributed by atoms with van der Waals surface area (Å²) in [5, 5.41) is 19.8. The van der Waals surface area contributed by atoms with Gasteiger partial charge in [0.15, 0.2) is 0 Å². The van der Waals surface area contributed by atoms with Gasteiger partial charge in [-0.15, -0.1) is 11.8 Å². The molecule has 0 saturated carbocycles. The van der Waals surface area contributed by atoms with E-state index >= 15 is 0 Å². The Bertz CT molecular complexity index is 796. The maximum absolute atomic E-state index is 10.7. The molecule has 0 aliphatic heterocycles. The summed E-state index contributed by atoms with van der Waals surface area (Å²) in [4.78, 5) is 16.3. The number of nitriles is 1. The summed E-state index contributed by atoms with van der Waals surface area (Å²) in [6.45, 7) is 3.42. The summed E-state index contributed by atoms with van der Waals surface area (Å²) >= 11 is 1.28. The molecule has 0 aliphatic carbocycles. The Morgan fingerprint density at radius 3 is 2.74 bits per heavy atom. The fraction of sp³-hybridized carbons (Fsp3) is 0.118. The molecule has 0 aromatic heterocycles. The van der Waals surface area contributed by atoms with Crippen molar-refractivity contribution in [2.24, 2.45) is 4.99 Å². The minimum Gasteiger partial charge on any atom is -0.481 e. The first-order chi connectivity index (χ1) is 11.2. The Morgan fingerprint density at radius 1 is 1.35 bits per heavy atom. The number of fused-ring (bicyclic) bond motifs is 1. The molecule has 2 aromatic carbocycles. The molecule has 6 heteroatoms. The monoisotopic (exact) mass is 325 g/mol. The lowest BCUT2D eigenvalue weighted by atomic mass is 10.0. The van der Waals surface area contributed by atoms with Gasteiger partial charge in [-0.25, -0.2) is 0 Å². The fourth-order valence-electron chi connectivity index (χ4n) is 2.18. The van der Waals surface area contributed by atoms with Crippen LogP contribution in [0.15, 0.2) is 53.8 Å². The molecule has 2 rings (SSSR count). The van der Waals surface area contributed by atoms with Gasteiger partial charge in [0, 0.05) is 28.9 Å². The molecule has 0 unspecified atom stereocenters. The van der Waals surface area contributed by atoms with E-state index in [4.69, 9.17) is 5.11 Å². The Balaban J connectivity index is 2.44. The first-order valence-corrected chi connectivity index (χ1v) is 7.93. The summed E-state index contributed by atoms with van der Waals surface area (Å²) in [6, 6.07) is 13.4. The lowest BCUT2D eigenvalue weighted by Crippen LogP contribution is -2.17. The van der Waals surface area contributed by atoms with Crippen molar-refractivity contribution in [1.29, 1.82) is 5.26 Å². The van der Waals surface area contributed by atoms with E-state index < -0.39 is 5.97 Å². The van der Waals surface area contributed by atoms with Gasteiger partial charge >= 0.3 is 5.97 Å². The van der Waals surface area contributed by atoms with Crippen LogP contribution in [0, 0.1) is 11.3 Å². The quantitative estimate of drug-likeness (QED) is 0.623. The van der Waals surface area contributed by atoms with Crippen LogP contribution in [-0.4, -0.2) is 29.4 Å². The zero-order chi connectivity index (χ0) is 16.7. The van der Waals surface area contributed by atoms with Gasteiger partial charge in [0.05, 0.1) is 23.3 Å². The highest BCUT2D eigenvalue weighted by Gasteiger charge is 2.11. The van der Waals surface area contributed by atoms with E-state index in [2.05, 4.69) is 17.8 Å². The van der Waals surface area contributed by atoms with E-state index in [9.17, 15) is 10.1 Å². The number of benzene rings is 2. The van der Waals surface area contributed by atoms with Gasteiger partial charge in [0.2, 0.25) is 0 Å². The number of carboxylic acids is 1. The second kappa shape index (κ2) is 8.01. The fourth-order valence-corrected chi connectivity index (χ4v) is 2.87. The lowest BCUT2D eigenvalue weighted by Gasteiger charge is -2.21. The van der Waals surface area contributed by atoms with Gasteiger partial charge in [-0.3, -0.25) is 9.79 Å². The third-order valence-electron chi connectivity index (χ3n) is 3.14. The third-order valence-corrected chi connectivity index (χ3v) is 4.05. The number of nitrogens with zero attached hydrogens (tertiary/aromatic N) is 3. The number of hydrogen-bond acceptors (Lipinski definition) is 5. The highest BCUT2D eigenvalue weighted by atomic mass is 32.2. The van der Waals surface area contributed by atoms with Crippen LogP contribution in [0.5, 0.6) is 0 Å². The van der Waals surface area contributed by atoms with E-state index in [1.54, 1.807) is 18.5 Å². The minimum absolute atomic E-state index is 0.0140. The molecule has 0 bridgehead atoms. The summed E-state index contributed by atoms with van der Waals surface area (Å²) < 4.78 is 0. The van der Waals surface area contributed by atoms with Crippen LogP contribution < -0.4 is 4.90 Å². The topological polar surface area (TPSA) is 76.7 Å². The molecule has 0 aliphatic rings. The van der Waals surface area contributed by atoms with Crippen molar-refractivity contribution in [3.05, 3.63) is 54.4 Å². The standard InChI is InChI=1S/C17H15N3O2S/c1-19-8-9-20(12-23-11-17(21)22)16-7-6-13(10-18)14-4-2-3-5-15(14)16/h2-9H,1,11-12H2,(H,21,22)/b9-8-. The molecule has 1 N–H and O–H groups in total. The van der Waals surface area contributed by atoms with Crippen molar-refractivity contribution in [3.63, 3.8) is 0 Å². The Kier molecular flexibility index (Phi) is 5.78. The number of thioether (sulfide) groups is 1. The zero-order valence-electron chi connectivity index (χ0n) is 12.3. The van der Waals surface area contributed by atoms with Crippen LogP contribution in [0.3, 0.4) is 0 Å². The van der Waals surface area contributed by atoms with Crippen molar-refractivity contribution < 1.29 is 9.90 Å². The molecule has 0 spiro atoms. The van der Waals surface area contributed by atoms with E-state index in [1.165, 1.54) is 11.8 Å². The summed E-state index contributed by atoms with van der Waals surface area (Å²) in [5.74, 6) is -0.390. The van der Waals surface area contributed by atoms with Gasteiger partial charge in [0.1, 0.15) is 0 Å². The van der Waals surface area contributed by atoms with Crippen molar-refractivity contribution >= 4 is 40.9 Å². The Hall–Kier alpha value is -2.78. The number of hydrogen-bond donors (Lipinski definition) is 1. The molecule has 0 saturated heterocycles. The first-order valence-electron chi connectivity index (χ1n) is 6.78. The zero-order valence-corrected chi connectivity index (χ0v) is 13.2. The SMILES string of the molecule is C=N/C=C\N(CSCC(=O)O)c1ccc(C#N)c2ccccc12. The molecule has 0 fully saturated rings. The highest BCUT2D eigenvalue weighted by Crippen LogP contribution is 2.30. The van der Waals surface area contributed by atoms with Gasteiger partial charge < -0.3 is 10.0 Å². The van der Waals surface area contributed by atoms with Crippen LogP contribution in [0.25, 0.3) is 10.8 Å². The minimum atomic E-state index is -0.856. The van der Waals surface area contributed by atoms with Gasteiger partial charge in [-0.2, -0.15) is 5.26 Å². The van der Waals surface area contributed by atoms with Crippen LogP contribution >= 0.6 is 11.8 Å². The number of aliphatic imine (C=N–C) groups is 1. The summed E-state index contributed by atoms with van der Waals surface area (Å²) in [7, 11) is 0. The molecular weight excluding hydrogens is 310 g/mol. The van der Waals surface area contributed by atoms with E-state index in [1.807, 2.05) is 35.2 Å². The Labute approximate surface area is 138 Å². The number of anilines is 1. The van der Waals surface area contributed by atoms with Crippen molar-refractivity contribution in [2.75, 3.05) is 16.5 Å². The smallest absolute Gasteiger partial charge is 0.313 e. The predicted octanol–water partition coefficient (Wildman–Crippen LogP) is 3.46. The first kappa shape index (κ1) is 16.6. The lowest BCUT2D eigenvalue weighted by molar-refractivity contribution is -0.133. The van der Waals surface area contributed by atoms with Crippen LogP contribution in [-0.2, 0) is 4.79 Å². The number of carboxylic acid groups (broad SMARTS) is 1. The average Bonchev–Trinajstić information content (AvgIpc) is 2.57. The van der Waals surface area contributed by atoms with Gasteiger partial charge in [0.25, 0.3) is 0 Å². The maximum atomic E-state index is 10.7. The average molecular weight is 325 g/mol. The number of carbonyl (C=O) groups is 1. The van der Waals surface area contributed by atoms with Crippen molar-refractivity contribution in [2.45, 2.75) is 0 Å². The molecule has 5 nitrogen and oxygen atoms in total. The molecule has 0 atom stereocenters. The summed E-state index contributed by atoms with van der Waals surface area (Å²) in [5.41, 5.74) is 1.49. The van der Waals surface area contributed by atoms with E-state index in [-0.39, 0.29) is 5.75 Å². The van der Waals surface area contributed by atoms with Gasteiger partial charge in [-0.05, 0) is 18.9 Å². The molecule has 0 radical (unpaired) electrons. The highest BCUT2D eigenvalue weighted by molar-refractivity contribution is 8.00. The maximum Gasteiger partial charge on any atom is 0.313 e. The molecular formula is C17H15N3O2S. The number of rotatable bonds is 7. The summed E-state index contributed by atoms with van der Waals surface area (Å²) in [6.07, 6.45) is 3.30. The third kappa shape index (κ3) is 4.11. The molecule has 0 amide bonds. The van der Waals surface area contributed by atoms with Crippen molar-refractivity contribution in [3.8, 4) is 6.07 Å². The Morgan fingerprint density at radius 2 is 2.09 bits per heavy atom. The van der Waals surface area contributed by atoms with Crippen LogP contribution in [0.4, 0.5) is 5.69 Å². The van der Waals surface area contributed by atoms with Gasteiger partial charge in [-0.1, -0.05) is 24.3 Å². The molecule has 0 heterocycles. The normalized spacial score (nSPS) is 10.6. The molecule has 2 aromatic rings. The van der Waals surface area contributed by atoms with Crippen LogP contribution in [0.1, 0.15) is 5.56 Å². The molecule has 116 valence electrons. The number of aliphatic carboxylic acids is 1. The van der Waals surface area contributed by atoms with Crippen LogP contribution in [0.2, 0.25) is 0 Å².